The predicted octanol–water partition coefficient (Wildman–Crippen LogP) is 2.71. The molecule has 1 aliphatic rings. The maximum Gasteiger partial charge on any atom is 0.129 e. The molecule has 0 saturated carbocycles. The van der Waals surface area contributed by atoms with Crippen molar-refractivity contribution < 1.29 is 13.5 Å². The maximum absolute atomic E-state index is 13.8. The SMILES string of the molecule is CCC1CNCC(c2cc(F)c(C)cc2F)O1. The van der Waals surface area contributed by atoms with Crippen LogP contribution in [0.4, 0.5) is 8.78 Å². The molecule has 2 unspecified atom stereocenters. The molecule has 1 N–H and O–H groups in total. The molecule has 0 aliphatic carbocycles. The van der Waals surface area contributed by atoms with Gasteiger partial charge in [-0.1, -0.05) is 6.92 Å². The van der Waals surface area contributed by atoms with E-state index in [0.717, 1.165) is 13.0 Å². The Morgan fingerprint density at radius 3 is 2.76 bits per heavy atom. The Morgan fingerprint density at radius 1 is 1.29 bits per heavy atom. The first-order chi connectivity index (χ1) is 8.11. The lowest BCUT2D eigenvalue weighted by Gasteiger charge is -2.30. The van der Waals surface area contributed by atoms with Crippen LogP contribution in [0, 0.1) is 18.6 Å². The number of aryl methyl sites for hydroxylation is 1. The van der Waals surface area contributed by atoms with Crippen LogP contribution in [0.15, 0.2) is 12.1 Å². The van der Waals surface area contributed by atoms with Crippen molar-refractivity contribution in [1.82, 2.24) is 5.32 Å². The third kappa shape index (κ3) is 2.64. The Labute approximate surface area is 100.0 Å². The third-order valence-corrected chi connectivity index (χ3v) is 3.14. The van der Waals surface area contributed by atoms with E-state index in [1.54, 1.807) is 6.92 Å². The summed E-state index contributed by atoms with van der Waals surface area (Å²) in [5.74, 6) is -0.781. The molecule has 0 amide bonds. The van der Waals surface area contributed by atoms with Gasteiger partial charge >= 0.3 is 0 Å². The van der Waals surface area contributed by atoms with Crippen LogP contribution < -0.4 is 5.32 Å². The summed E-state index contributed by atoms with van der Waals surface area (Å²) in [4.78, 5) is 0. The van der Waals surface area contributed by atoms with Crippen molar-refractivity contribution >= 4 is 0 Å². The van der Waals surface area contributed by atoms with Crippen LogP contribution in [0.5, 0.6) is 0 Å². The van der Waals surface area contributed by atoms with Crippen LogP contribution in [-0.4, -0.2) is 19.2 Å². The molecular formula is C13H17F2NO. The number of halogens is 2. The highest BCUT2D eigenvalue weighted by molar-refractivity contribution is 5.27. The van der Waals surface area contributed by atoms with E-state index in [1.165, 1.54) is 12.1 Å². The molecule has 2 rings (SSSR count). The number of nitrogens with one attached hydrogen (secondary N) is 1. The Kier molecular flexibility index (Phi) is 3.74. The summed E-state index contributed by atoms with van der Waals surface area (Å²) in [6, 6.07) is 2.47. The minimum Gasteiger partial charge on any atom is -0.368 e. The quantitative estimate of drug-likeness (QED) is 0.859. The maximum atomic E-state index is 13.8. The summed E-state index contributed by atoms with van der Waals surface area (Å²) in [6.45, 7) is 4.86. The van der Waals surface area contributed by atoms with E-state index in [0.29, 0.717) is 17.7 Å². The van der Waals surface area contributed by atoms with E-state index in [-0.39, 0.29) is 11.9 Å². The van der Waals surface area contributed by atoms with Crippen LogP contribution in [0.1, 0.15) is 30.6 Å². The van der Waals surface area contributed by atoms with E-state index in [9.17, 15) is 8.78 Å². The molecule has 1 heterocycles. The zero-order valence-corrected chi connectivity index (χ0v) is 10.1. The fourth-order valence-corrected chi connectivity index (χ4v) is 2.04. The van der Waals surface area contributed by atoms with E-state index in [1.807, 2.05) is 6.92 Å². The van der Waals surface area contributed by atoms with E-state index >= 15 is 0 Å². The van der Waals surface area contributed by atoms with Gasteiger partial charge < -0.3 is 10.1 Å². The summed E-state index contributed by atoms with van der Waals surface area (Å²) >= 11 is 0. The Hall–Kier alpha value is -1.00. The minimum absolute atomic E-state index is 0.0671. The number of benzene rings is 1. The number of rotatable bonds is 2. The summed E-state index contributed by atoms with van der Waals surface area (Å²) in [5, 5.41) is 3.18. The lowest BCUT2D eigenvalue weighted by Crippen LogP contribution is -2.40. The van der Waals surface area contributed by atoms with Crippen molar-refractivity contribution in [2.75, 3.05) is 13.1 Å². The molecule has 1 aromatic carbocycles. The molecule has 1 saturated heterocycles. The average Bonchev–Trinajstić information content (AvgIpc) is 2.34. The number of hydrogen-bond donors (Lipinski definition) is 1. The van der Waals surface area contributed by atoms with Gasteiger partial charge in [0.25, 0.3) is 0 Å². The van der Waals surface area contributed by atoms with Gasteiger partial charge in [-0.3, -0.25) is 0 Å². The highest BCUT2D eigenvalue weighted by atomic mass is 19.1. The van der Waals surface area contributed by atoms with Gasteiger partial charge in [0.05, 0.1) is 12.2 Å². The van der Waals surface area contributed by atoms with Crippen molar-refractivity contribution in [1.29, 1.82) is 0 Å². The fraction of sp³-hybridized carbons (Fsp3) is 0.538. The smallest absolute Gasteiger partial charge is 0.129 e. The highest BCUT2D eigenvalue weighted by Gasteiger charge is 2.25. The van der Waals surface area contributed by atoms with Crippen molar-refractivity contribution in [3.63, 3.8) is 0 Å². The Bertz CT molecular complexity index is 409. The van der Waals surface area contributed by atoms with Gasteiger partial charge in [-0.25, -0.2) is 8.78 Å². The molecule has 0 bridgehead atoms. The van der Waals surface area contributed by atoms with Crippen molar-refractivity contribution in [2.24, 2.45) is 0 Å². The molecule has 0 spiro atoms. The van der Waals surface area contributed by atoms with Crippen LogP contribution in [0.25, 0.3) is 0 Å². The molecule has 0 radical (unpaired) electrons. The molecule has 94 valence electrons. The second-order valence-electron chi connectivity index (χ2n) is 4.44. The van der Waals surface area contributed by atoms with E-state index in [4.69, 9.17) is 4.74 Å². The zero-order valence-electron chi connectivity index (χ0n) is 10.1. The highest BCUT2D eigenvalue weighted by Crippen LogP contribution is 2.26. The molecule has 1 fully saturated rings. The van der Waals surface area contributed by atoms with Gasteiger partial charge in [-0.2, -0.15) is 0 Å². The zero-order chi connectivity index (χ0) is 12.4. The van der Waals surface area contributed by atoms with Gasteiger partial charge in [-0.15, -0.1) is 0 Å². The molecule has 2 atom stereocenters. The summed E-state index contributed by atoms with van der Waals surface area (Å²) in [7, 11) is 0. The topological polar surface area (TPSA) is 21.3 Å². The van der Waals surface area contributed by atoms with E-state index < -0.39 is 11.9 Å². The fourth-order valence-electron chi connectivity index (χ4n) is 2.04. The predicted molar refractivity (Wildman–Crippen MR) is 61.9 cm³/mol. The molecule has 1 aliphatic heterocycles. The van der Waals surface area contributed by atoms with Gasteiger partial charge in [-0.05, 0) is 31.0 Å². The van der Waals surface area contributed by atoms with Crippen molar-refractivity contribution in [3.05, 3.63) is 34.9 Å². The number of ether oxygens (including phenoxy) is 1. The van der Waals surface area contributed by atoms with Gasteiger partial charge in [0.15, 0.2) is 0 Å². The first-order valence-electron chi connectivity index (χ1n) is 5.93. The molecular weight excluding hydrogens is 224 g/mol. The van der Waals surface area contributed by atoms with Crippen LogP contribution in [-0.2, 0) is 4.74 Å². The summed E-state index contributed by atoms with van der Waals surface area (Å²) in [6.07, 6.45) is 0.528. The molecule has 17 heavy (non-hydrogen) atoms. The van der Waals surface area contributed by atoms with Crippen LogP contribution >= 0.6 is 0 Å². The van der Waals surface area contributed by atoms with Gasteiger partial charge in [0, 0.05) is 18.7 Å². The van der Waals surface area contributed by atoms with E-state index in [2.05, 4.69) is 5.32 Å². The molecule has 1 aromatic rings. The number of hydrogen-bond acceptors (Lipinski definition) is 2. The second-order valence-corrected chi connectivity index (χ2v) is 4.44. The summed E-state index contributed by atoms with van der Waals surface area (Å²) in [5.41, 5.74) is 0.626. The van der Waals surface area contributed by atoms with Crippen LogP contribution in [0.2, 0.25) is 0 Å². The van der Waals surface area contributed by atoms with Crippen molar-refractivity contribution in [2.45, 2.75) is 32.5 Å². The van der Waals surface area contributed by atoms with Gasteiger partial charge in [0.2, 0.25) is 0 Å². The molecule has 0 aromatic heterocycles. The van der Waals surface area contributed by atoms with Gasteiger partial charge in [0.1, 0.15) is 11.6 Å². The second kappa shape index (κ2) is 5.10. The largest absolute Gasteiger partial charge is 0.368 e. The standard InChI is InChI=1S/C13H17F2NO/c1-3-9-6-16-7-13(17-9)10-5-11(14)8(2)4-12(10)15/h4-5,9,13,16H,3,6-7H2,1-2H3. The lowest BCUT2D eigenvalue weighted by atomic mass is 10.0. The van der Waals surface area contributed by atoms with Crippen LogP contribution in [0.3, 0.4) is 0 Å². The average molecular weight is 241 g/mol. The molecule has 4 heteroatoms. The molecule has 2 nitrogen and oxygen atoms in total. The van der Waals surface area contributed by atoms with Crippen molar-refractivity contribution in [3.8, 4) is 0 Å². The first-order valence-corrected chi connectivity index (χ1v) is 5.93. The first kappa shape index (κ1) is 12.5. The Morgan fingerprint density at radius 2 is 2.06 bits per heavy atom. The lowest BCUT2D eigenvalue weighted by molar-refractivity contribution is -0.0416. The minimum atomic E-state index is -0.399. The monoisotopic (exact) mass is 241 g/mol. The summed E-state index contributed by atoms with van der Waals surface area (Å²) < 4.78 is 33.0. The normalized spacial score (nSPS) is 24.9. The third-order valence-electron chi connectivity index (χ3n) is 3.14. The Balaban J connectivity index is 2.24. The number of morpholine rings is 1.